The molecule has 1 aromatic rings. The highest BCUT2D eigenvalue weighted by atomic mass is 19.1. The number of nitrogen functional groups attached to an aromatic ring is 1. The highest BCUT2D eigenvalue weighted by molar-refractivity contribution is 5.43. The van der Waals surface area contributed by atoms with Crippen LogP contribution in [-0.2, 0) is 0 Å². The first kappa shape index (κ1) is 9.92. The molecule has 0 amide bonds. The minimum Gasteiger partial charge on any atom is -0.396 e. The maximum Gasteiger partial charge on any atom is 0.321 e. The third kappa shape index (κ3) is 1.77. The van der Waals surface area contributed by atoms with E-state index in [9.17, 15) is 14.5 Å². The Morgan fingerprint density at radius 3 is 2.71 bits per heavy atom. The molecular formula is C8H6FN3O2. The molecule has 2 N–H and O–H groups in total. The fraction of sp³-hybridized carbons (Fsp3) is 0.125. The molecular weight excluding hydrogens is 189 g/mol. The smallest absolute Gasteiger partial charge is 0.321 e. The Morgan fingerprint density at radius 1 is 1.64 bits per heavy atom. The molecule has 14 heavy (non-hydrogen) atoms. The average molecular weight is 195 g/mol. The van der Waals surface area contributed by atoms with Crippen molar-refractivity contribution in [2.45, 2.75) is 6.04 Å². The molecule has 0 aliphatic rings. The Balaban J connectivity index is 3.14. The first-order chi connectivity index (χ1) is 6.56. The van der Waals surface area contributed by atoms with E-state index >= 15 is 0 Å². The van der Waals surface area contributed by atoms with E-state index in [1.807, 2.05) is 0 Å². The van der Waals surface area contributed by atoms with E-state index in [-0.39, 0.29) is 11.3 Å². The van der Waals surface area contributed by atoms with Crippen molar-refractivity contribution in [1.29, 1.82) is 5.26 Å². The molecule has 0 aliphatic heterocycles. The Morgan fingerprint density at radius 2 is 2.29 bits per heavy atom. The third-order valence-corrected chi connectivity index (χ3v) is 1.67. The van der Waals surface area contributed by atoms with Gasteiger partial charge in [0.05, 0.1) is 5.69 Å². The Hall–Kier alpha value is -2.16. The molecule has 1 aromatic carbocycles. The zero-order valence-electron chi connectivity index (χ0n) is 6.98. The topological polar surface area (TPSA) is 93.0 Å². The van der Waals surface area contributed by atoms with Crippen molar-refractivity contribution in [3.8, 4) is 6.07 Å². The summed E-state index contributed by atoms with van der Waals surface area (Å²) >= 11 is 0. The SMILES string of the molecule is N#CC(c1ccc(F)c(N)c1)[N+](=O)[O-]. The molecule has 0 spiro atoms. The standard InChI is InChI=1S/C8H6FN3O2/c9-6-2-1-5(3-7(6)11)8(4-10)12(13)14/h1-3,8H,11H2. The fourth-order valence-electron chi connectivity index (χ4n) is 0.976. The largest absolute Gasteiger partial charge is 0.396 e. The van der Waals surface area contributed by atoms with E-state index in [2.05, 4.69) is 0 Å². The Labute approximate surface area is 78.7 Å². The van der Waals surface area contributed by atoms with Crippen molar-refractivity contribution in [3.63, 3.8) is 0 Å². The third-order valence-electron chi connectivity index (χ3n) is 1.67. The van der Waals surface area contributed by atoms with Crippen molar-refractivity contribution >= 4 is 5.69 Å². The van der Waals surface area contributed by atoms with Gasteiger partial charge >= 0.3 is 6.04 Å². The van der Waals surface area contributed by atoms with Gasteiger partial charge in [0.1, 0.15) is 11.9 Å². The van der Waals surface area contributed by atoms with E-state index in [0.29, 0.717) is 0 Å². The van der Waals surface area contributed by atoms with Crippen LogP contribution in [0.15, 0.2) is 18.2 Å². The van der Waals surface area contributed by atoms with Gasteiger partial charge in [-0.1, -0.05) is 0 Å². The van der Waals surface area contributed by atoms with E-state index < -0.39 is 16.8 Å². The van der Waals surface area contributed by atoms with Crippen LogP contribution in [0.2, 0.25) is 0 Å². The summed E-state index contributed by atoms with van der Waals surface area (Å²) in [5.41, 5.74) is 5.08. The molecule has 0 fully saturated rings. The summed E-state index contributed by atoms with van der Waals surface area (Å²) in [7, 11) is 0. The van der Waals surface area contributed by atoms with E-state index in [4.69, 9.17) is 11.0 Å². The molecule has 6 heteroatoms. The Bertz CT molecular complexity index is 414. The summed E-state index contributed by atoms with van der Waals surface area (Å²) in [5, 5.41) is 18.9. The number of nitrogens with zero attached hydrogens (tertiary/aromatic N) is 2. The highest BCUT2D eigenvalue weighted by Crippen LogP contribution is 2.20. The molecule has 0 saturated heterocycles. The predicted octanol–water partition coefficient (Wildman–Crippen LogP) is 1.25. The zero-order chi connectivity index (χ0) is 10.7. The monoisotopic (exact) mass is 195 g/mol. The number of nitrogens with two attached hydrogens (primary N) is 1. The summed E-state index contributed by atoms with van der Waals surface area (Å²) in [4.78, 5) is 9.62. The lowest BCUT2D eigenvalue weighted by Gasteiger charge is -2.02. The molecule has 0 bridgehead atoms. The van der Waals surface area contributed by atoms with Gasteiger partial charge in [-0.25, -0.2) is 4.39 Å². The van der Waals surface area contributed by atoms with Crippen LogP contribution in [0.3, 0.4) is 0 Å². The quantitative estimate of drug-likeness (QED) is 0.436. The second kappa shape index (κ2) is 3.70. The first-order valence-electron chi connectivity index (χ1n) is 3.64. The van der Waals surface area contributed by atoms with E-state index in [1.165, 1.54) is 12.1 Å². The van der Waals surface area contributed by atoms with Crippen molar-refractivity contribution in [2.75, 3.05) is 5.73 Å². The molecule has 0 heterocycles. The van der Waals surface area contributed by atoms with Crippen molar-refractivity contribution in [1.82, 2.24) is 0 Å². The molecule has 0 aliphatic carbocycles. The van der Waals surface area contributed by atoms with Gasteiger partial charge in [-0.3, -0.25) is 10.1 Å². The summed E-state index contributed by atoms with van der Waals surface area (Å²) < 4.78 is 12.7. The second-order valence-corrected chi connectivity index (χ2v) is 2.60. The molecule has 0 saturated carbocycles. The van der Waals surface area contributed by atoms with Crippen LogP contribution < -0.4 is 5.73 Å². The summed E-state index contributed by atoms with van der Waals surface area (Å²) in [6, 6.07) is 3.24. The van der Waals surface area contributed by atoms with Gasteiger partial charge in [0.25, 0.3) is 0 Å². The number of hydrogen-bond donors (Lipinski definition) is 1. The lowest BCUT2D eigenvalue weighted by atomic mass is 10.1. The van der Waals surface area contributed by atoms with Gasteiger partial charge in [-0.2, -0.15) is 5.26 Å². The summed E-state index contributed by atoms with van der Waals surface area (Å²) in [6.45, 7) is 0. The van der Waals surface area contributed by atoms with Crippen LogP contribution in [0.4, 0.5) is 10.1 Å². The minimum absolute atomic E-state index is 0.0800. The molecule has 0 radical (unpaired) electrons. The molecule has 72 valence electrons. The van der Waals surface area contributed by atoms with Gasteiger partial charge < -0.3 is 5.73 Å². The van der Waals surface area contributed by atoms with E-state index in [1.54, 1.807) is 0 Å². The number of benzene rings is 1. The average Bonchev–Trinajstić information content (AvgIpc) is 2.11. The summed E-state index contributed by atoms with van der Waals surface area (Å²) in [5.74, 6) is -0.659. The highest BCUT2D eigenvalue weighted by Gasteiger charge is 2.22. The summed E-state index contributed by atoms with van der Waals surface area (Å²) in [6.07, 6.45) is 0. The molecule has 0 aromatic heterocycles. The number of rotatable bonds is 2. The van der Waals surface area contributed by atoms with E-state index in [0.717, 1.165) is 12.1 Å². The molecule has 1 unspecified atom stereocenters. The van der Waals surface area contributed by atoms with Crippen LogP contribution in [0.5, 0.6) is 0 Å². The van der Waals surface area contributed by atoms with Crippen LogP contribution in [0, 0.1) is 27.3 Å². The second-order valence-electron chi connectivity index (χ2n) is 2.60. The predicted molar refractivity (Wildman–Crippen MR) is 46.2 cm³/mol. The number of nitro groups is 1. The van der Waals surface area contributed by atoms with Crippen molar-refractivity contribution < 1.29 is 9.31 Å². The lowest BCUT2D eigenvalue weighted by molar-refractivity contribution is -0.512. The van der Waals surface area contributed by atoms with Gasteiger partial charge in [-0.05, 0) is 18.2 Å². The fourth-order valence-corrected chi connectivity index (χ4v) is 0.976. The zero-order valence-corrected chi connectivity index (χ0v) is 6.98. The van der Waals surface area contributed by atoms with Gasteiger partial charge in [0, 0.05) is 10.5 Å². The lowest BCUT2D eigenvalue weighted by Crippen LogP contribution is -2.08. The van der Waals surface area contributed by atoms with Crippen LogP contribution in [0.1, 0.15) is 11.6 Å². The normalized spacial score (nSPS) is 11.7. The van der Waals surface area contributed by atoms with Crippen molar-refractivity contribution in [2.24, 2.45) is 0 Å². The van der Waals surface area contributed by atoms with Gasteiger partial charge in [0.2, 0.25) is 0 Å². The maximum absolute atomic E-state index is 12.7. The Kier molecular flexibility index (Phi) is 2.62. The number of hydrogen-bond acceptors (Lipinski definition) is 4. The van der Waals surface area contributed by atoms with Gasteiger partial charge in [0.15, 0.2) is 0 Å². The number of nitriles is 1. The molecule has 5 nitrogen and oxygen atoms in total. The number of anilines is 1. The first-order valence-corrected chi connectivity index (χ1v) is 3.64. The van der Waals surface area contributed by atoms with Crippen LogP contribution in [-0.4, -0.2) is 4.92 Å². The maximum atomic E-state index is 12.7. The number of halogens is 1. The van der Waals surface area contributed by atoms with Crippen molar-refractivity contribution in [3.05, 3.63) is 39.7 Å². The molecule has 1 atom stereocenters. The minimum atomic E-state index is -1.50. The van der Waals surface area contributed by atoms with Crippen LogP contribution >= 0.6 is 0 Å². The van der Waals surface area contributed by atoms with Gasteiger partial charge in [-0.15, -0.1) is 0 Å². The molecule has 1 rings (SSSR count). The van der Waals surface area contributed by atoms with Crippen LogP contribution in [0.25, 0.3) is 0 Å².